The van der Waals surface area contributed by atoms with Crippen molar-refractivity contribution < 1.29 is 0 Å². The fourth-order valence-electron chi connectivity index (χ4n) is 1.98. The first kappa shape index (κ1) is 11.9. The monoisotopic (exact) mass is 233 g/mol. The number of nitrogens with one attached hydrogen (secondary N) is 1. The Labute approximate surface area is 101 Å². The maximum Gasteiger partial charge on any atom is 0.105 e. The van der Waals surface area contributed by atoms with E-state index in [-0.39, 0.29) is 0 Å². The predicted octanol–water partition coefficient (Wildman–Crippen LogP) is 0.887. The first-order valence-electron chi connectivity index (χ1n) is 5.84. The molecule has 17 heavy (non-hydrogen) atoms. The van der Waals surface area contributed by atoms with Crippen LogP contribution < -0.4 is 5.32 Å². The van der Waals surface area contributed by atoms with Crippen LogP contribution in [0.15, 0.2) is 18.6 Å². The van der Waals surface area contributed by atoms with Gasteiger partial charge < -0.3 is 9.88 Å². The number of aromatic nitrogens is 4. The summed E-state index contributed by atoms with van der Waals surface area (Å²) >= 11 is 0. The highest BCUT2D eigenvalue weighted by Gasteiger charge is 2.06. The minimum Gasteiger partial charge on any atom is -0.331 e. The Morgan fingerprint density at radius 1 is 1.35 bits per heavy atom. The first-order valence-corrected chi connectivity index (χ1v) is 5.84. The molecule has 92 valence electrons. The summed E-state index contributed by atoms with van der Waals surface area (Å²) in [5.74, 6) is 1.07. The minimum atomic E-state index is 0.855. The summed E-state index contributed by atoms with van der Waals surface area (Å²) in [6.45, 7) is 3.85. The molecule has 2 aromatic heterocycles. The van der Waals surface area contributed by atoms with Crippen molar-refractivity contribution >= 4 is 0 Å². The molecule has 5 heteroatoms. The zero-order chi connectivity index (χ0) is 12.3. The summed E-state index contributed by atoms with van der Waals surface area (Å²) in [5.41, 5.74) is 2.49. The molecule has 1 N–H and O–H groups in total. The summed E-state index contributed by atoms with van der Waals surface area (Å²) in [6.07, 6.45) is 6.91. The van der Waals surface area contributed by atoms with Crippen molar-refractivity contribution in [2.75, 3.05) is 7.05 Å². The van der Waals surface area contributed by atoms with E-state index in [1.807, 2.05) is 38.1 Å². The van der Waals surface area contributed by atoms with Gasteiger partial charge in [-0.3, -0.25) is 4.68 Å². The third-order valence-corrected chi connectivity index (χ3v) is 2.88. The van der Waals surface area contributed by atoms with Gasteiger partial charge in [-0.25, -0.2) is 4.98 Å². The second-order valence-electron chi connectivity index (χ2n) is 4.25. The number of nitrogens with zero attached hydrogens (tertiary/aromatic N) is 4. The molecular weight excluding hydrogens is 214 g/mol. The molecule has 2 heterocycles. The summed E-state index contributed by atoms with van der Waals surface area (Å²) in [5, 5.41) is 7.34. The van der Waals surface area contributed by atoms with Gasteiger partial charge in [0.25, 0.3) is 0 Å². The van der Waals surface area contributed by atoms with Gasteiger partial charge in [0.2, 0.25) is 0 Å². The molecule has 0 fully saturated rings. The van der Waals surface area contributed by atoms with Gasteiger partial charge in [-0.2, -0.15) is 5.10 Å². The molecule has 0 saturated heterocycles. The quantitative estimate of drug-likeness (QED) is 0.834. The normalized spacial score (nSPS) is 11.0. The highest BCUT2D eigenvalue weighted by Crippen LogP contribution is 2.07. The maximum absolute atomic E-state index is 4.35. The molecular formula is C12H19N5. The van der Waals surface area contributed by atoms with Crippen LogP contribution in [0.3, 0.4) is 0 Å². The van der Waals surface area contributed by atoms with Crippen LogP contribution in [-0.2, 0) is 26.6 Å². The Morgan fingerprint density at radius 3 is 2.82 bits per heavy atom. The van der Waals surface area contributed by atoms with E-state index in [4.69, 9.17) is 0 Å². The van der Waals surface area contributed by atoms with E-state index in [9.17, 15) is 0 Å². The predicted molar refractivity (Wildman–Crippen MR) is 66.6 cm³/mol. The average Bonchev–Trinajstić information content (AvgIpc) is 2.85. The van der Waals surface area contributed by atoms with Gasteiger partial charge in [0.05, 0.1) is 11.9 Å². The highest BCUT2D eigenvalue weighted by molar-refractivity contribution is 5.07. The Kier molecular flexibility index (Phi) is 3.58. The largest absolute Gasteiger partial charge is 0.331 e. The van der Waals surface area contributed by atoms with Gasteiger partial charge in [-0.05, 0) is 26.0 Å². The van der Waals surface area contributed by atoms with Crippen LogP contribution >= 0.6 is 0 Å². The SMILES string of the molecule is CNCc1cnc(C)n1CCc1cnn(C)c1. The molecule has 0 aliphatic heterocycles. The van der Waals surface area contributed by atoms with Crippen LogP contribution in [0.4, 0.5) is 0 Å². The van der Waals surface area contributed by atoms with Crippen LogP contribution in [-0.4, -0.2) is 26.4 Å². The van der Waals surface area contributed by atoms with E-state index in [1.54, 1.807) is 0 Å². The van der Waals surface area contributed by atoms with E-state index in [0.29, 0.717) is 0 Å². The molecule has 2 rings (SSSR count). The zero-order valence-corrected chi connectivity index (χ0v) is 10.6. The van der Waals surface area contributed by atoms with Gasteiger partial charge in [-0.15, -0.1) is 0 Å². The summed E-state index contributed by atoms with van der Waals surface area (Å²) in [7, 11) is 3.90. The van der Waals surface area contributed by atoms with E-state index < -0.39 is 0 Å². The fraction of sp³-hybridized carbons (Fsp3) is 0.500. The Balaban J connectivity index is 2.05. The summed E-state index contributed by atoms with van der Waals surface area (Å²) < 4.78 is 4.09. The first-order chi connectivity index (χ1) is 8.20. The molecule has 0 atom stereocenters. The van der Waals surface area contributed by atoms with Crippen LogP contribution in [0.2, 0.25) is 0 Å². The second kappa shape index (κ2) is 5.14. The fourth-order valence-corrected chi connectivity index (χ4v) is 1.98. The molecule has 0 amide bonds. The van der Waals surface area contributed by atoms with Crippen molar-refractivity contribution in [2.24, 2.45) is 7.05 Å². The van der Waals surface area contributed by atoms with Gasteiger partial charge in [0.1, 0.15) is 5.82 Å². The van der Waals surface area contributed by atoms with Crippen LogP contribution in [0.25, 0.3) is 0 Å². The molecule has 0 radical (unpaired) electrons. The lowest BCUT2D eigenvalue weighted by atomic mass is 10.2. The van der Waals surface area contributed by atoms with Crippen LogP contribution in [0.1, 0.15) is 17.1 Å². The van der Waals surface area contributed by atoms with Gasteiger partial charge >= 0.3 is 0 Å². The van der Waals surface area contributed by atoms with Crippen molar-refractivity contribution in [1.82, 2.24) is 24.6 Å². The molecule has 0 aromatic carbocycles. The topological polar surface area (TPSA) is 47.7 Å². The number of rotatable bonds is 5. The van der Waals surface area contributed by atoms with Gasteiger partial charge in [0.15, 0.2) is 0 Å². The number of aryl methyl sites for hydroxylation is 3. The van der Waals surface area contributed by atoms with E-state index in [1.165, 1.54) is 11.3 Å². The lowest BCUT2D eigenvalue weighted by Gasteiger charge is -2.09. The molecule has 5 nitrogen and oxygen atoms in total. The Bertz CT molecular complexity index is 483. The van der Waals surface area contributed by atoms with E-state index in [2.05, 4.69) is 26.2 Å². The lowest BCUT2D eigenvalue weighted by Crippen LogP contribution is -2.13. The molecule has 0 aliphatic carbocycles. The Hall–Kier alpha value is -1.62. The van der Waals surface area contributed by atoms with Crippen LogP contribution in [0, 0.1) is 6.92 Å². The standard InChI is InChI=1S/C12H19N5/c1-10-14-8-12(7-13-2)17(10)5-4-11-6-15-16(3)9-11/h6,8-9,13H,4-5,7H2,1-3H3. The number of hydrogen-bond donors (Lipinski definition) is 1. The zero-order valence-electron chi connectivity index (χ0n) is 10.6. The van der Waals surface area contributed by atoms with Crippen molar-refractivity contribution in [3.05, 3.63) is 35.7 Å². The third-order valence-electron chi connectivity index (χ3n) is 2.88. The Morgan fingerprint density at radius 2 is 2.18 bits per heavy atom. The summed E-state index contributed by atoms with van der Waals surface area (Å²) in [4.78, 5) is 4.35. The second-order valence-corrected chi connectivity index (χ2v) is 4.25. The number of hydrogen-bond acceptors (Lipinski definition) is 3. The van der Waals surface area contributed by atoms with Gasteiger partial charge in [0, 0.05) is 32.5 Å². The molecule has 0 bridgehead atoms. The van der Waals surface area contributed by atoms with Crippen molar-refractivity contribution in [2.45, 2.75) is 26.4 Å². The maximum atomic E-state index is 4.35. The highest BCUT2D eigenvalue weighted by atomic mass is 15.2. The molecule has 0 spiro atoms. The molecule has 0 unspecified atom stereocenters. The molecule has 0 aliphatic rings. The van der Waals surface area contributed by atoms with Crippen LogP contribution in [0.5, 0.6) is 0 Å². The summed E-state index contributed by atoms with van der Waals surface area (Å²) in [6, 6.07) is 0. The van der Waals surface area contributed by atoms with E-state index >= 15 is 0 Å². The molecule has 0 saturated carbocycles. The third kappa shape index (κ3) is 2.74. The van der Waals surface area contributed by atoms with Crippen molar-refractivity contribution in [3.8, 4) is 0 Å². The minimum absolute atomic E-state index is 0.855. The smallest absolute Gasteiger partial charge is 0.105 e. The van der Waals surface area contributed by atoms with Crippen molar-refractivity contribution in [1.29, 1.82) is 0 Å². The lowest BCUT2D eigenvalue weighted by molar-refractivity contribution is 0.621. The van der Waals surface area contributed by atoms with E-state index in [0.717, 1.165) is 25.3 Å². The number of imidazole rings is 1. The molecule has 2 aromatic rings. The van der Waals surface area contributed by atoms with Gasteiger partial charge in [-0.1, -0.05) is 0 Å². The van der Waals surface area contributed by atoms with Crippen molar-refractivity contribution in [3.63, 3.8) is 0 Å². The average molecular weight is 233 g/mol.